The number of hydrogen-bond acceptors (Lipinski definition) is 4. The standard InChI is InChI=1S/C7H10N4/c1-2-10-7-6(3-8-1)4-9-5-11-7/h1-2,9,11H,3-5H2. The number of nitrogens with zero attached hydrogens (tertiary/aromatic N) is 2. The summed E-state index contributed by atoms with van der Waals surface area (Å²) in [5, 5.41) is 6.35. The summed E-state index contributed by atoms with van der Waals surface area (Å²) in [6, 6.07) is 0. The molecule has 0 saturated carbocycles. The van der Waals surface area contributed by atoms with E-state index in [1.807, 2.05) is 0 Å². The maximum absolute atomic E-state index is 4.20. The molecule has 4 nitrogen and oxygen atoms in total. The summed E-state index contributed by atoms with van der Waals surface area (Å²) in [6.45, 7) is 2.46. The molecule has 58 valence electrons. The van der Waals surface area contributed by atoms with Crippen LogP contribution in [0.2, 0.25) is 0 Å². The average molecular weight is 150 g/mol. The molecule has 0 bridgehead atoms. The van der Waals surface area contributed by atoms with Crippen molar-refractivity contribution in [1.29, 1.82) is 0 Å². The van der Waals surface area contributed by atoms with E-state index in [0.29, 0.717) is 0 Å². The lowest BCUT2D eigenvalue weighted by molar-refractivity contribution is 0.606. The molecule has 0 aromatic carbocycles. The molecule has 2 heterocycles. The van der Waals surface area contributed by atoms with E-state index in [9.17, 15) is 0 Å². The minimum Gasteiger partial charge on any atom is -0.357 e. The highest BCUT2D eigenvalue weighted by Gasteiger charge is 2.10. The van der Waals surface area contributed by atoms with Gasteiger partial charge in [0.2, 0.25) is 0 Å². The zero-order chi connectivity index (χ0) is 7.52. The molecule has 0 saturated heterocycles. The Morgan fingerprint density at radius 1 is 1.36 bits per heavy atom. The highest BCUT2D eigenvalue weighted by Crippen LogP contribution is 2.06. The van der Waals surface area contributed by atoms with Gasteiger partial charge in [-0.3, -0.25) is 10.3 Å². The van der Waals surface area contributed by atoms with Gasteiger partial charge < -0.3 is 5.32 Å². The second-order valence-corrected chi connectivity index (χ2v) is 2.50. The van der Waals surface area contributed by atoms with Crippen LogP contribution in [0.4, 0.5) is 0 Å². The first kappa shape index (κ1) is 6.54. The van der Waals surface area contributed by atoms with E-state index in [-0.39, 0.29) is 0 Å². The molecule has 0 radical (unpaired) electrons. The molecule has 2 aliphatic heterocycles. The molecule has 0 spiro atoms. The molecule has 2 N–H and O–H groups in total. The van der Waals surface area contributed by atoms with Crippen molar-refractivity contribution in [3.63, 3.8) is 0 Å². The SMILES string of the molecule is C1=NCC2=C(N=C1)NCNC2. The molecule has 0 atom stereocenters. The first-order chi connectivity index (χ1) is 5.47. The molecule has 2 aliphatic rings. The molecule has 0 aromatic rings. The zero-order valence-electron chi connectivity index (χ0n) is 6.17. The van der Waals surface area contributed by atoms with Gasteiger partial charge in [0.1, 0.15) is 5.82 Å². The van der Waals surface area contributed by atoms with Crippen LogP contribution in [0.15, 0.2) is 21.4 Å². The van der Waals surface area contributed by atoms with Crippen molar-refractivity contribution in [3.8, 4) is 0 Å². The summed E-state index contributed by atoms with van der Waals surface area (Å²) < 4.78 is 0. The lowest BCUT2D eigenvalue weighted by Crippen LogP contribution is -2.36. The van der Waals surface area contributed by atoms with Gasteiger partial charge in [-0.2, -0.15) is 0 Å². The Bertz CT molecular complexity index is 239. The normalized spacial score (nSPS) is 22.5. The molecular formula is C7H10N4. The van der Waals surface area contributed by atoms with Crippen LogP contribution in [0.3, 0.4) is 0 Å². The first-order valence-corrected chi connectivity index (χ1v) is 3.66. The van der Waals surface area contributed by atoms with Gasteiger partial charge in [-0.25, -0.2) is 4.99 Å². The Kier molecular flexibility index (Phi) is 1.69. The van der Waals surface area contributed by atoms with E-state index < -0.39 is 0 Å². The van der Waals surface area contributed by atoms with Crippen molar-refractivity contribution in [2.24, 2.45) is 9.98 Å². The number of aliphatic imine (C=N–C) groups is 2. The Labute approximate surface area is 65.1 Å². The smallest absolute Gasteiger partial charge is 0.129 e. The van der Waals surface area contributed by atoms with Gasteiger partial charge in [0.25, 0.3) is 0 Å². The number of rotatable bonds is 0. The van der Waals surface area contributed by atoms with E-state index in [4.69, 9.17) is 0 Å². The van der Waals surface area contributed by atoms with Crippen LogP contribution < -0.4 is 10.6 Å². The summed E-state index contributed by atoms with van der Waals surface area (Å²) in [7, 11) is 0. The maximum atomic E-state index is 4.20. The minimum atomic E-state index is 0.759. The third-order valence-electron chi connectivity index (χ3n) is 1.71. The van der Waals surface area contributed by atoms with Crippen LogP contribution >= 0.6 is 0 Å². The van der Waals surface area contributed by atoms with E-state index in [2.05, 4.69) is 20.6 Å². The Balaban J connectivity index is 2.26. The third-order valence-corrected chi connectivity index (χ3v) is 1.71. The largest absolute Gasteiger partial charge is 0.357 e. The first-order valence-electron chi connectivity index (χ1n) is 3.66. The fourth-order valence-electron chi connectivity index (χ4n) is 1.15. The van der Waals surface area contributed by atoms with Crippen molar-refractivity contribution in [2.75, 3.05) is 19.8 Å². The quantitative estimate of drug-likeness (QED) is 0.489. The van der Waals surface area contributed by atoms with E-state index >= 15 is 0 Å². The summed E-state index contributed by atoms with van der Waals surface area (Å²) in [6.07, 6.45) is 3.46. The summed E-state index contributed by atoms with van der Waals surface area (Å²) >= 11 is 0. The molecule has 2 rings (SSSR count). The lowest BCUT2D eigenvalue weighted by Gasteiger charge is -2.18. The zero-order valence-corrected chi connectivity index (χ0v) is 6.17. The Hall–Kier alpha value is -1.16. The predicted octanol–water partition coefficient (Wildman–Crippen LogP) is -0.497. The van der Waals surface area contributed by atoms with Crippen LogP contribution in [0.5, 0.6) is 0 Å². The van der Waals surface area contributed by atoms with Crippen LogP contribution in [0.25, 0.3) is 0 Å². The van der Waals surface area contributed by atoms with Crippen molar-refractivity contribution in [3.05, 3.63) is 11.4 Å². The van der Waals surface area contributed by atoms with E-state index in [0.717, 1.165) is 25.6 Å². The van der Waals surface area contributed by atoms with Gasteiger partial charge in [0.05, 0.1) is 13.2 Å². The predicted molar refractivity (Wildman–Crippen MR) is 44.9 cm³/mol. The van der Waals surface area contributed by atoms with Crippen LogP contribution in [-0.4, -0.2) is 32.2 Å². The van der Waals surface area contributed by atoms with Gasteiger partial charge in [-0.05, 0) is 0 Å². The maximum Gasteiger partial charge on any atom is 0.129 e. The topological polar surface area (TPSA) is 48.8 Å². The van der Waals surface area contributed by atoms with Crippen LogP contribution in [0, 0.1) is 0 Å². The molecule has 4 heteroatoms. The minimum absolute atomic E-state index is 0.759. The van der Waals surface area contributed by atoms with Gasteiger partial charge >= 0.3 is 0 Å². The van der Waals surface area contributed by atoms with Gasteiger partial charge in [-0.1, -0.05) is 0 Å². The third kappa shape index (κ3) is 1.30. The highest BCUT2D eigenvalue weighted by atomic mass is 15.2. The highest BCUT2D eigenvalue weighted by molar-refractivity contribution is 6.16. The van der Waals surface area contributed by atoms with Crippen molar-refractivity contribution in [1.82, 2.24) is 10.6 Å². The Morgan fingerprint density at radius 3 is 3.36 bits per heavy atom. The molecule has 11 heavy (non-hydrogen) atoms. The molecule has 0 fully saturated rings. The second-order valence-electron chi connectivity index (χ2n) is 2.50. The molecule has 0 aromatic heterocycles. The average Bonchev–Trinajstić information content (AvgIpc) is 2.28. The van der Waals surface area contributed by atoms with Crippen molar-refractivity contribution < 1.29 is 0 Å². The Morgan fingerprint density at radius 2 is 2.36 bits per heavy atom. The molecule has 0 amide bonds. The van der Waals surface area contributed by atoms with E-state index in [1.165, 1.54) is 5.57 Å². The molecule has 0 aliphatic carbocycles. The van der Waals surface area contributed by atoms with Gasteiger partial charge in [-0.15, -0.1) is 0 Å². The number of hydrogen-bond donors (Lipinski definition) is 2. The monoisotopic (exact) mass is 150 g/mol. The number of nitrogens with one attached hydrogen (secondary N) is 2. The fraction of sp³-hybridized carbons (Fsp3) is 0.429. The van der Waals surface area contributed by atoms with E-state index in [1.54, 1.807) is 12.4 Å². The van der Waals surface area contributed by atoms with Crippen LogP contribution in [0.1, 0.15) is 0 Å². The lowest BCUT2D eigenvalue weighted by atomic mass is 10.2. The summed E-state index contributed by atoms with van der Waals surface area (Å²) in [5.74, 6) is 0.987. The molecular weight excluding hydrogens is 140 g/mol. The van der Waals surface area contributed by atoms with Crippen molar-refractivity contribution in [2.45, 2.75) is 0 Å². The fourth-order valence-corrected chi connectivity index (χ4v) is 1.15. The van der Waals surface area contributed by atoms with Gasteiger partial charge in [0, 0.05) is 24.5 Å². The molecule has 0 unspecified atom stereocenters. The summed E-state index contributed by atoms with van der Waals surface area (Å²) in [4.78, 5) is 8.34. The van der Waals surface area contributed by atoms with Gasteiger partial charge in [0.15, 0.2) is 0 Å². The second kappa shape index (κ2) is 2.84. The van der Waals surface area contributed by atoms with Crippen LogP contribution in [-0.2, 0) is 0 Å². The summed E-state index contributed by atoms with van der Waals surface area (Å²) in [5.41, 5.74) is 1.24. The van der Waals surface area contributed by atoms with Crippen molar-refractivity contribution >= 4 is 12.4 Å².